The van der Waals surface area contributed by atoms with E-state index in [1.54, 1.807) is 27.0 Å². The Kier molecular flexibility index (Phi) is 7.89. The quantitative estimate of drug-likeness (QED) is 0.274. The highest BCUT2D eigenvalue weighted by molar-refractivity contribution is 7.23. The van der Waals surface area contributed by atoms with Crippen molar-refractivity contribution < 1.29 is 28.2 Å². The van der Waals surface area contributed by atoms with E-state index >= 15 is 8.78 Å². The highest BCUT2D eigenvalue weighted by Gasteiger charge is 2.37. The van der Waals surface area contributed by atoms with Gasteiger partial charge >= 0.3 is 6.09 Å². The number of thiophene rings is 1. The zero-order valence-electron chi connectivity index (χ0n) is 25.9. The third-order valence-electron chi connectivity index (χ3n) is 8.35. The number of hydrogen-bond donors (Lipinski definition) is 2. The molecule has 236 valence electrons. The summed E-state index contributed by atoms with van der Waals surface area (Å²) in [7, 11) is 1.95. The lowest BCUT2D eigenvalue weighted by Crippen LogP contribution is -2.44. The molecule has 2 aliphatic heterocycles. The second kappa shape index (κ2) is 11.4. The number of carbonyl (C=O) groups is 1. The average Bonchev–Trinajstić information content (AvgIpc) is 3.69. The first-order chi connectivity index (χ1) is 21.3. The Morgan fingerprint density at radius 1 is 1.24 bits per heavy atom. The molecular formula is C32H34F2N6O4S. The first kappa shape index (κ1) is 31.0. The van der Waals surface area contributed by atoms with Crippen LogP contribution in [0, 0.1) is 23.0 Å². The molecule has 1 saturated heterocycles. The Hall–Kier alpha value is -3.96. The number of nitriles is 1. The monoisotopic (exact) mass is 636 g/mol. The van der Waals surface area contributed by atoms with Gasteiger partial charge in [0.25, 0.3) is 0 Å². The third kappa shape index (κ3) is 5.46. The van der Waals surface area contributed by atoms with E-state index in [4.69, 9.17) is 9.47 Å². The predicted molar refractivity (Wildman–Crippen MR) is 168 cm³/mol. The topological polar surface area (TPSA) is 124 Å². The maximum absolute atomic E-state index is 16.9. The van der Waals surface area contributed by atoms with Crippen LogP contribution >= 0.6 is 11.3 Å². The van der Waals surface area contributed by atoms with Gasteiger partial charge in [-0.05, 0) is 64.9 Å². The fourth-order valence-corrected chi connectivity index (χ4v) is 7.08. The summed E-state index contributed by atoms with van der Waals surface area (Å²) in [5.41, 5.74) is 0.162. The van der Waals surface area contributed by atoms with Crippen LogP contribution in [0.1, 0.15) is 51.3 Å². The molecule has 6 rings (SSSR count). The van der Waals surface area contributed by atoms with Crippen molar-refractivity contribution in [3.8, 4) is 17.2 Å². The van der Waals surface area contributed by atoms with Gasteiger partial charge in [0.2, 0.25) is 5.95 Å². The fraction of sp³-hybridized carbons (Fsp3) is 0.438. The zero-order valence-corrected chi connectivity index (χ0v) is 26.7. The van der Waals surface area contributed by atoms with E-state index in [0.717, 1.165) is 11.3 Å². The van der Waals surface area contributed by atoms with E-state index in [-0.39, 0.29) is 70.4 Å². The number of aliphatic hydroxyl groups is 1. The molecule has 0 spiro atoms. The van der Waals surface area contributed by atoms with Gasteiger partial charge in [-0.2, -0.15) is 5.26 Å². The Balaban J connectivity index is 1.51. The van der Waals surface area contributed by atoms with Crippen molar-refractivity contribution >= 4 is 49.4 Å². The Bertz CT molecular complexity index is 1880. The predicted octanol–water partition coefficient (Wildman–Crippen LogP) is 5.93. The Morgan fingerprint density at radius 3 is 2.67 bits per heavy atom. The summed E-state index contributed by atoms with van der Waals surface area (Å²) in [4.78, 5) is 25.6. The van der Waals surface area contributed by atoms with Crippen molar-refractivity contribution in [1.29, 1.82) is 5.26 Å². The summed E-state index contributed by atoms with van der Waals surface area (Å²) in [5.74, 6) is -1.25. The number of ether oxygens (including phenoxy) is 2. The van der Waals surface area contributed by atoms with Crippen LogP contribution in [-0.2, 0) is 22.7 Å². The van der Waals surface area contributed by atoms with Gasteiger partial charge in [0.15, 0.2) is 5.82 Å². The van der Waals surface area contributed by atoms with Gasteiger partial charge in [-0.3, -0.25) is 10.2 Å². The molecule has 2 aliphatic rings. The van der Waals surface area contributed by atoms with Crippen molar-refractivity contribution in [1.82, 2.24) is 14.9 Å². The van der Waals surface area contributed by atoms with Crippen LogP contribution in [0.5, 0.6) is 0 Å². The summed E-state index contributed by atoms with van der Waals surface area (Å²) < 4.78 is 44.3. The number of hydrogen-bond acceptors (Lipinski definition) is 10. The second-order valence-corrected chi connectivity index (χ2v) is 13.8. The third-order valence-corrected chi connectivity index (χ3v) is 9.42. The normalized spacial score (nSPS) is 18.3. The van der Waals surface area contributed by atoms with Gasteiger partial charge in [0, 0.05) is 51.9 Å². The highest BCUT2D eigenvalue weighted by Crippen LogP contribution is 2.47. The minimum absolute atomic E-state index is 0.00253. The molecule has 2 aromatic carbocycles. The number of halogens is 2. The van der Waals surface area contributed by atoms with Crippen LogP contribution in [0.4, 0.5) is 24.5 Å². The smallest absolute Gasteiger partial charge is 0.412 e. The summed E-state index contributed by atoms with van der Waals surface area (Å²) >= 11 is 1.07. The van der Waals surface area contributed by atoms with Crippen molar-refractivity contribution in [2.45, 2.75) is 71.6 Å². The van der Waals surface area contributed by atoms with Crippen molar-refractivity contribution in [3.05, 3.63) is 46.7 Å². The molecular weight excluding hydrogens is 602 g/mol. The van der Waals surface area contributed by atoms with Gasteiger partial charge in [0.05, 0.1) is 30.9 Å². The Morgan fingerprint density at radius 2 is 1.98 bits per heavy atom. The molecule has 4 aromatic rings. The van der Waals surface area contributed by atoms with E-state index < -0.39 is 29.4 Å². The van der Waals surface area contributed by atoms with Crippen LogP contribution in [0.3, 0.4) is 0 Å². The fourth-order valence-electron chi connectivity index (χ4n) is 6.03. The number of anilines is 2. The maximum Gasteiger partial charge on any atom is 0.412 e. The number of β-amino-alcohol motifs (C(OH)–C–C–N with tert-alkyl or cyclic N) is 1. The lowest BCUT2D eigenvalue weighted by molar-refractivity contribution is 0.0636. The number of amides is 1. The van der Waals surface area contributed by atoms with Crippen molar-refractivity contribution in [3.63, 3.8) is 0 Å². The number of fused-ring (bicyclic) bond motifs is 4. The number of aromatic nitrogens is 2. The van der Waals surface area contributed by atoms with Crippen LogP contribution in [0.25, 0.3) is 32.1 Å². The lowest BCUT2D eigenvalue weighted by atomic mass is 9.90. The van der Waals surface area contributed by atoms with Gasteiger partial charge in [-0.1, -0.05) is 0 Å². The number of benzene rings is 2. The summed E-state index contributed by atoms with van der Waals surface area (Å²) in [6, 6.07) is 4.85. The average molecular weight is 637 g/mol. The minimum atomic E-state index is -0.779. The molecule has 0 aliphatic carbocycles. The van der Waals surface area contributed by atoms with Crippen LogP contribution < -0.4 is 10.2 Å². The van der Waals surface area contributed by atoms with Crippen LogP contribution in [0.15, 0.2) is 18.3 Å². The van der Waals surface area contributed by atoms with E-state index in [0.29, 0.717) is 27.8 Å². The minimum Gasteiger partial charge on any atom is -0.444 e. The van der Waals surface area contributed by atoms with Crippen LogP contribution in [-0.4, -0.2) is 70.0 Å². The molecule has 0 radical (unpaired) electrons. The molecule has 0 unspecified atom stereocenters. The summed E-state index contributed by atoms with van der Waals surface area (Å²) in [6.45, 7) is 10.1. The summed E-state index contributed by atoms with van der Waals surface area (Å²) in [5, 5.41) is 24.4. The largest absolute Gasteiger partial charge is 0.444 e. The van der Waals surface area contributed by atoms with Gasteiger partial charge in [0.1, 0.15) is 28.0 Å². The standard InChI is InChI=1S/C32H34F2N6O4S/c1-15(2)39(6)21-11-40(12-22(21)41)30-36-10-17-18-13-43-14-19(18)25(27(34)28(17)37-30)26-20(33)7-8-23-24(26)16(9-35)29(45-23)38-31(42)44-32(3,4)5/h7-8,10,15,21-22,41H,11-14H2,1-6H3,(H,38,42)/t21-,22+/m1/s1. The molecule has 2 N–H and O–H groups in total. The number of nitrogens with one attached hydrogen (secondary N) is 1. The first-order valence-electron chi connectivity index (χ1n) is 14.7. The second-order valence-electron chi connectivity index (χ2n) is 12.7. The van der Waals surface area contributed by atoms with Crippen LogP contribution in [0.2, 0.25) is 0 Å². The highest BCUT2D eigenvalue weighted by atomic mass is 32.1. The van der Waals surface area contributed by atoms with Gasteiger partial charge < -0.3 is 19.5 Å². The number of rotatable bonds is 5. The lowest BCUT2D eigenvalue weighted by Gasteiger charge is -2.29. The van der Waals surface area contributed by atoms with E-state index in [1.807, 2.05) is 25.8 Å². The Labute approximate surface area is 263 Å². The summed E-state index contributed by atoms with van der Waals surface area (Å²) in [6.07, 6.45) is 0.134. The molecule has 1 amide bonds. The number of carbonyl (C=O) groups excluding carboxylic acids is 1. The van der Waals surface area contributed by atoms with E-state index in [2.05, 4.69) is 26.3 Å². The van der Waals surface area contributed by atoms with E-state index in [9.17, 15) is 15.2 Å². The molecule has 0 bridgehead atoms. The maximum atomic E-state index is 16.9. The van der Waals surface area contributed by atoms with E-state index in [1.165, 1.54) is 12.1 Å². The van der Waals surface area contributed by atoms with Gasteiger partial charge in [-0.25, -0.2) is 23.5 Å². The molecule has 1 fully saturated rings. The molecule has 2 aromatic heterocycles. The van der Waals surface area contributed by atoms with Crippen molar-refractivity contribution in [2.24, 2.45) is 0 Å². The molecule has 2 atom stereocenters. The molecule has 45 heavy (non-hydrogen) atoms. The number of nitrogens with zero attached hydrogens (tertiary/aromatic N) is 5. The number of likely N-dealkylation sites (N-methyl/N-ethyl adjacent to an activating group) is 1. The SMILES string of the molecule is CC(C)N(C)[C@@H]1CN(c2ncc3c4c(c(-c5c(F)ccc6sc(NC(=O)OC(C)(C)C)c(C#N)c56)c(F)c3n2)COC4)C[C@@H]1O. The zero-order chi connectivity index (χ0) is 32.4. The van der Waals surface area contributed by atoms with Gasteiger partial charge in [-0.15, -0.1) is 11.3 Å². The molecule has 4 heterocycles. The van der Waals surface area contributed by atoms with Crippen molar-refractivity contribution in [2.75, 3.05) is 30.4 Å². The molecule has 10 nitrogen and oxygen atoms in total. The number of aliphatic hydroxyl groups excluding tert-OH is 1. The molecule has 0 saturated carbocycles. The first-order valence-corrected chi connectivity index (χ1v) is 15.5. The molecule has 13 heteroatoms.